The molecule has 1 aromatic carbocycles. The van der Waals surface area contributed by atoms with E-state index < -0.39 is 0 Å². The second-order valence-corrected chi connectivity index (χ2v) is 6.46. The molecule has 1 aliphatic rings. The van der Waals surface area contributed by atoms with Gasteiger partial charge in [0.05, 0.1) is 11.3 Å². The SMILES string of the molecule is C#CCOc1ccc([C@@H]2CC(=O)Nc3nc(SCC#C)[nH]c(=O)c32)cc1. The molecule has 2 aromatic rings. The Balaban J connectivity index is 1.96. The molecule has 2 heterocycles. The maximum Gasteiger partial charge on any atom is 0.257 e. The van der Waals surface area contributed by atoms with Crippen molar-refractivity contribution in [2.24, 2.45) is 0 Å². The summed E-state index contributed by atoms with van der Waals surface area (Å²) in [7, 11) is 0. The van der Waals surface area contributed by atoms with Gasteiger partial charge in [0, 0.05) is 12.3 Å². The smallest absolute Gasteiger partial charge is 0.257 e. The highest BCUT2D eigenvalue weighted by atomic mass is 32.2. The third kappa shape index (κ3) is 3.74. The molecule has 0 fully saturated rings. The average Bonchev–Trinajstić information content (AvgIpc) is 2.64. The number of nitrogens with one attached hydrogen (secondary N) is 2. The van der Waals surface area contributed by atoms with Gasteiger partial charge < -0.3 is 15.0 Å². The van der Waals surface area contributed by atoms with Crippen LogP contribution in [0.5, 0.6) is 5.75 Å². The lowest BCUT2D eigenvalue weighted by atomic mass is 9.87. The van der Waals surface area contributed by atoms with Crippen molar-refractivity contribution < 1.29 is 9.53 Å². The van der Waals surface area contributed by atoms with E-state index in [2.05, 4.69) is 27.1 Å². The summed E-state index contributed by atoms with van der Waals surface area (Å²) in [6.07, 6.45) is 10.6. The Morgan fingerprint density at radius 1 is 1.23 bits per heavy atom. The topological polar surface area (TPSA) is 84.1 Å². The monoisotopic (exact) mass is 365 g/mol. The Morgan fingerprint density at radius 2 is 2.00 bits per heavy atom. The number of nitrogens with zero attached hydrogens (tertiary/aromatic N) is 1. The number of ether oxygens (including phenoxy) is 1. The molecular formula is C19H15N3O3S. The molecule has 7 heteroatoms. The predicted molar refractivity (Wildman–Crippen MR) is 100 cm³/mol. The van der Waals surface area contributed by atoms with Crippen LogP contribution in [0.2, 0.25) is 0 Å². The van der Waals surface area contributed by atoms with Crippen molar-refractivity contribution in [3.8, 4) is 30.4 Å². The van der Waals surface area contributed by atoms with E-state index in [0.29, 0.717) is 22.2 Å². The molecule has 1 aliphatic heterocycles. The van der Waals surface area contributed by atoms with Crippen LogP contribution in [0.4, 0.5) is 5.82 Å². The van der Waals surface area contributed by atoms with Crippen molar-refractivity contribution in [1.29, 1.82) is 0 Å². The van der Waals surface area contributed by atoms with Gasteiger partial charge in [-0.15, -0.1) is 12.8 Å². The van der Waals surface area contributed by atoms with Crippen molar-refractivity contribution in [2.75, 3.05) is 17.7 Å². The molecule has 6 nitrogen and oxygen atoms in total. The Hall–Kier alpha value is -3.16. The molecule has 0 radical (unpaired) electrons. The Labute approximate surface area is 154 Å². The fourth-order valence-corrected chi connectivity index (χ4v) is 3.28. The zero-order chi connectivity index (χ0) is 18.5. The molecule has 0 unspecified atom stereocenters. The van der Waals surface area contributed by atoms with Crippen LogP contribution >= 0.6 is 11.8 Å². The highest BCUT2D eigenvalue weighted by Gasteiger charge is 2.30. The zero-order valence-electron chi connectivity index (χ0n) is 13.7. The molecule has 0 saturated heterocycles. The summed E-state index contributed by atoms with van der Waals surface area (Å²) < 4.78 is 5.35. The largest absolute Gasteiger partial charge is 0.481 e. The van der Waals surface area contributed by atoms with E-state index in [4.69, 9.17) is 17.6 Å². The first-order valence-electron chi connectivity index (χ1n) is 7.79. The van der Waals surface area contributed by atoms with Gasteiger partial charge in [0.25, 0.3) is 5.56 Å². The fourth-order valence-electron chi connectivity index (χ4n) is 2.74. The number of amides is 1. The van der Waals surface area contributed by atoms with Crippen molar-refractivity contribution in [3.05, 3.63) is 45.7 Å². The van der Waals surface area contributed by atoms with Gasteiger partial charge in [-0.25, -0.2) is 4.98 Å². The summed E-state index contributed by atoms with van der Waals surface area (Å²) in [5.74, 6) is 5.56. The number of fused-ring (bicyclic) bond motifs is 1. The van der Waals surface area contributed by atoms with Crippen LogP contribution in [0, 0.1) is 24.7 Å². The number of aromatic amines is 1. The van der Waals surface area contributed by atoms with E-state index in [0.717, 1.165) is 5.56 Å². The number of hydrogen-bond donors (Lipinski definition) is 2. The van der Waals surface area contributed by atoms with Crippen LogP contribution in [-0.4, -0.2) is 28.2 Å². The minimum Gasteiger partial charge on any atom is -0.481 e. The third-order valence-corrected chi connectivity index (χ3v) is 4.60. The second kappa shape index (κ2) is 7.81. The molecular weight excluding hydrogens is 350 g/mol. The first kappa shape index (κ1) is 17.7. The lowest BCUT2D eigenvalue weighted by molar-refractivity contribution is -0.116. The summed E-state index contributed by atoms with van der Waals surface area (Å²) in [6.45, 7) is 0.176. The van der Waals surface area contributed by atoms with Crippen LogP contribution in [0.15, 0.2) is 34.2 Å². The molecule has 2 N–H and O–H groups in total. The molecule has 0 aliphatic carbocycles. The van der Waals surface area contributed by atoms with Crippen molar-refractivity contribution in [1.82, 2.24) is 9.97 Å². The fraction of sp³-hybridized carbons (Fsp3) is 0.211. The number of hydrogen-bond acceptors (Lipinski definition) is 5. The zero-order valence-corrected chi connectivity index (χ0v) is 14.6. The van der Waals surface area contributed by atoms with E-state index in [1.165, 1.54) is 11.8 Å². The lowest BCUT2D eigenvalue weighted by Gasteiger charge is -2.24. The van der Waals surface area contributed by atoms with Gasteiger partial charge in [-0.2, -0.15) is 0 Å². The quantitative estimate of drug-likeness (QED) is 0.481. The van der Waals surface area contributed by atoms with E-state index >= 15 is 0 Å². The van der Waals surface area contributed by atoms with Crippen molar-refractivity contribution in [3.63, 3.8) is 0 Å². The van der Waals surface area contributed by atoms with Crippen LogP contribution in [0.3, 0.4) is 0 Å². The Morgan fingerprint density at radius 3 is 2.69 bits per heavy atom. The first-order valence-corrected chi connectivity index (χ1v) is 8.77. The number of thioether (sulfide) groups is 1. The van der Waals surface area contributed by atoms with E-state index in [9.17, 15) is 9.59 Å². The number of anilines is 1. The molecule has 3 rings (SSSR count). The maximum absolute atomic E-state index is 12.6. The number of H-pyrrole nitrogens is 1. The van der Waals surface area contributed by atoms with Crippen molar-refractivity contribution in [2.45, 2.75) is 17.5 Å². The molecule has 26 heavy (non-hydrogen) atoms. The number of carbonyl (C=O) groups excluding carboxylic acids is 1. The van der Waals surface area contributed by atoms with Gasteiger partial charge in [0.15, 0.2) is 5.16 Å². The molecule has 130 valence electrons. The number of aromatic nitrogens is 2. The van der Waals surface area contributed by atoms with Crippen LogP contribution < -0.4 is 15.6 Å². The summed E-state index contributed by atoms with van der Waals surface area (Å²) in [6, 6.07) is 7.16. The minimum atomic E-state index is -0.386. The van der Waals surface area contributed by atoms with Crippen LogP contribution in [0.1, 0.15) is 23.5 Å². The molecule has 1 atom stereocenters. The lowest BCUT2D eigenvalue weighted by Crippen LogP contribution is -2.31. The van der Waals surface area contributed by atoms with Crippen molar-refractivity contribution >= 4 is 23.5 Å². The second-order valence-electron chi connectivity index (χ2n) is 5.49. The molecule has 0 bridgehead atoms. The molecule has 1 aromatic heterocycles. The summed E-state index contributed by atoms with van der Waals surface area (Å²) >= 11 is 1.23. The number of rotatable bonds is 5. The third-order valence-electron chi connectivity index (χ3n) is 3.83. The van der Waals surface area contributed by atoms with Gasteiger partial charge in [-0.1, -0.05) is 35.7 Å². The van der Waals surface area contributed by atoms with Gasteiger partial charge in [-0.3, -0.25) is 9.59 Å². The highest BCUT2D eigenvalue weighted by Crippen LogP contribution is 2.35. The number of terminal acetylenes is 2. The average molecular weight is 365 g/mol. The minimum absolute atomic E-state index is 0.166. The standard InChI is InChI=1S/C19H15N3O3S/c1-3-9-25-13-7-5-12(6-8-13)14-11-15(23)20-17-16(14)18(24)22-19(21-17)26-10-4-2/h1-2,5-8,14H,9-11H2,(H2,20,21,22,23,24)/t14-/m0/s1. The Bertz CT molecular complexity index is 967. The molecule has 0 saturated carbocycles. The Kier molecular flexibility index (Phi) is 5.31. The van der Waals surface area contributed by atoms with Gasteiger partial charge in [0.2, 0.25) is 5.91 Å². The van der Waals surface area contributed by atoms with Gasteiger partial charge in [0.1, 0.15) is 18.2 Å². The normalized spacial score (nSPS) is 15.3. The van der Waals surface area contributed by atoms with E-state index in [1.54, 1.807) is 12.1 Å². The van der Waals surface area contributed by atoms with E-state index in [-0.39, 0.29) is 36.2 Å². The van der Waals surface area contributed by atoms with Crippen LogP contribution in [0.25, 0.3) is 0 Å². The first-order chi connectivity index (χ1) is 12.6. The maximum atomic E-state index is 12.6. The summed E-state index contributed by atoms with van der Waals surface area (Å²) in [5.41, 5.74) is 0.976. The summed E-state index contributed by atoms with van der Waals surface area (Å²) in [4.78, 5) is 31.7. The number of carbonyl (C=O) groups is 1. The number of benzene rings is 1. The summed E-state index contributed by atoms with van der Waals surface area (Å²) in [5, 5.41) is 3.05. The predicted octanol–water partition coefficient (Wildman–Crippen LogP) is 1.98. The highest BCUT2D eigenvalue weighted by molar-refractivity contribution is 7.99. The van der Waals surface area contributed by atoms with E-state index in [1.807, 2.05) is 12.1 Å². The van der Waals surface area contributed by atoms with Gasteiger partial charge in [-0.05, 0) is 17.7 Å². The van der Waals surface area contributed by atoms with Gasteiger partial charge >= 0.3 is 0 Å². The van der Waals surface area contributed by atoms with Crippen LogP contribution in [-0.2, 0) is 4.79 Å². The molecule has 1 amide bonds. The molecule has 0 spiro atoms.